The van der Waals surface area contributed by atoms with Crippen LogP contribution >= 0.6 is 11.8 Å². The lowest BCUT2D eigenvalue weighted by Crippen LogP contribution is -2.08. The highest BCUT2D eigenvalue weighted by Gasteiger charge is 2.15. The van der Waals surface area contributed by atoms with E-state index in [1.165, 1.54) is 17.8 Å². The van der Waals surface area contributed by atoms with E-state index in [-0.39, 0.29) is 6.04 Å². The molecule has 0 aliphatic carbocycles. The molecule has 1 aromatic carbocycles. The molecule has 0 amide bonds. The Morgan fingerprint density at radius 3 is 2.40 bits per heavy atom. The Hall–Kier alpha value is -1.99. The normalized spacial score (nSPS) is 12.2. The number of hydrogen-bond donors (Lipinski definition) is 3. The van der Waals surface area contributed by atoms with Crippen molar-refractivity contribution in [2.24, 2.45) is 5.73 Å². The molecule has 106 valence electrons. The standard InChI is InChI=1S/C13H17N5OS/c1-7(14)12-8(19-2)4-3-5-9(12)20-13-17-10(15)6-11(16)18-13/h3-7H,14H2,1-2H3,(H4,15,16,17,18)/t7-/m0/s1. The van der Waals surface area contributed by atoms with Crippen LogP contribution in [0.5, 0.6) is 5.75 Å². The minimum Gasteiger partial charge on any atom is -0.496 e. The molecule has 6 nitrogen and oxygen atoms in total. The maximum Gasteiger partial charge on any atom is 0.196 e. The molecular weight excluding hydrogens is 274 g/mol. The van der Waals surface area contributed by atoms with E-state index in [1.54, 1.807) is 7.11 Å². The van der Waals surface area contributed by atoms with Gasteiger partial charge in [-0.1, -0.05) is 6.07 Å². The molecule has 0 bridgehead atoms. The summed E-state index contributed by atoms with van der Waals surface area (Å²) in [6.07, 6.45) is 0. The van der Waals surface area contributed by atoms with Crippen LogP contribution in [0, 0.1) is 0 Å². The third-order valence-corrected chi connectivity index (χ3v) is 3.59. The van der Waals surface area contributed by atoms with E-state index < -0.39 is 0 Å². The van der Waals surface area contributed by atoms with Gasteiger partial charge in [-0.2, -0.15) is 0 Å². The van der Waals surface area contributed by atoms with Crippen molar-refractivity contribution in [2.75, 3.05) is 18.6 Å². The van der Waals surface area contributed by atoms with Gasteiger partial charge in [-0.15, -0.1) is 0 Å². The molecule has 1 aromatic heterocycles. The third kappa shape index (κ3) is 3.12. The predicted octanol–water partition coefficient (Wildman–Crippen LogP) is 1.82. The lowest BCUT2D eigenvalue weighted by Gasteiger charge is -2.15. The third-order valence-electron chi connectivity index (χ3n) is 2.65. The second-order valence-electron chi connectivity index (χ2n) is 4.26. The summed E-state index contributed by atoms with van der Waals surface area (Å²) in [7, 11) is 1.62. The van der Waals surface area contributed by atoms with E-state index in [2.05, 4.69) is 9.97 Å². The van der Waals surface area contributed by atoms with Gasteiger partial charge in [-0.3, -0.25) is 0 Å². The van der Waals surface area contributed by atoms with Crippen LogP contribution in [0.3, 0.4) is 0 Å². The van der Waals surface area contributed by atoms with Crippen molar-refractivity contribution in [3.8, 4) is 5.75 Å². The Morgan fingerprint density at radius 2 is 1.85 bits per heavy atom. The number of methoxy groups -OCH3 is 1. The average molecular weight is 291 g/mol. The van der Waals surface area contributed by atoms with Gasteiger partial charge in [-0.05, 0) is 30.8 Å². The lowest BCUT2D eigenvalue weighted by atomic mass is 10.1. The number of nitrogens with two attached hydrogens (primary N) is 3. The second kappa shape index (κ2) is 5.98. The van der Waals surface area contributed by atoms with Gasteiger partial charge in [-0.25, -0.2) is 9.97 Å². The molecule has 1 atom stereocenters. The van der Waals surface area contributed by atoms with Crippen molar-refractivity contribution in [2.45, 2.75) is 23.0 Å². The molecule has 0 saturated heterocycles. The van der Waals surface area contributed by atoms with E-state index in [4.69, 9.17) is 21.9 Å². The maximum absolute atomic E-state index is 6.02. The topological polar surface area (TPSA) is 113 Å². The number of nitrogen functional groups attached to an aromatic ring is 2. The van der Waals surface area contributed by atoms with Gasteiger partial charge in [0.2, 0.25) is 0 Å². The quantitative estimate of drug-likeness (QED) is 0.736. The van der Waals surface area contributed by atoms with Crippen molar-refractivity contribution in [1.29, 1.82) is 0 Å². The van der Waals surface area contributed by atoms with Crippen LogP contribution in [0.4, 0.5) is 11.6 Å². The second-order valence-corrected chi connectivity index (χ2v) is 5.27. The highest BCUT2D eigenvalue weighted by atomic mass is 32.2. The predicted molar refractivity (Wildman–Crippen MR) is 80.6 cm³/mol. The molecule has 0 fully saturated rings. The summed E-state index contributed by atoms with van der Waals surface area (Å²) in [4.78, 5) is 9.23. The van der Waals surface area contributed by atoms with Gasteiger partial charge < -0.3 is 21.9 Å². The lowest BCUT2D eigenvalue weighted by molar-refractivity contribution is 0.405. The highest BCUT2D eigenvalue weighted by molar-refractivity contribution is 7.99. The van der Waals surface area contributed by atoms with Crippen LogP contribution in [0.2, 0.25) is 0 Å². The van der Waals surface area contributed by atoms with Crippen molar-refractivity contribution in [3.05, 3.63) is 29.8 Å². The van der Waals surface area contributed by atoms with Gasteiger partial charge in [0.15, 0.2) is 5.16 Å². The monoisotopic (exact) mass is 291 g/mol. The summed E-state index contributed by atoms with van der Waals surface area (Å²) >= 11 is 1.36. The van der Waals surface area contributed by atoms with Gasteiger partial charge >= 0.3 is 0 Å². The Bertz CT molecular complexity index is 597. The van der Waals surface area contributed by atoms with Gasteiger partial charge in [0, 0.05) is 22.6 Å². The smallest absolute Gasteiger partial charge is 0.196 e. The maximum atomic E-state index is 6.02. The first-order valence-corrected chi connectivity index (χ1v) is 6.83. The largest absolute Gasteiger partial charge is 0.496 e. The number of rotatable bonds is 4. The minimum atomic E-state index is -0.174. The van der Waals surface area contributed by atoms with E-state index in [9.17, 15) is 0 Å². The SMILES string of the molecule is COc1cccc(Sc2nc(N)cc(N)n2)c1[C@H](C)N. The number of hydrogen-bond acceptors (Lipinski definition) is 7. The van der Waals surface area contributed by atoms with Gasteiger partial charge in [0.25, 0.3) is 0 Å². The van der Waals surface area contributed by atoms with Crippen LogP contribution in [-0.2, 0) is 0 Å². The summed E-state index contributed by atoms with van der Waals surface area (Å²) in [6.45, 7) is 1.90. The molecule has 0 spiro atoms. The highest BCUT2D eigenvalue weighted by Crippen LogP contribution is 2.36. The molecule has 0 aliphatic heterocycles. The van der Waals surface area contributed by atoms with E-state index in [0.29, 0.717) is 16.8 Å². The molecule has 2 rings (SSSR count). The minimum absolute atomic E-state index is 0.174. The van der Waals surface area contributed by atoms with Crippen LogP contribution in [0.1, 0.15) is 18.5 Å². The van der Waals surface area contributed by atoms with E-state index >= 15 is 0 Å². The van der Waals surface area contributed by atoms with Crippen molar-refractivity contribution in [1.82, 2.24) is 9.97 Å². The van der Waals surface area contributed by atoms with E-state index in [1.807, 2.05) is 25.1 Å². The first kappa shape index (κ1) is 14.4. The summed E-state index contributed by atoms with van der Waals surface area (Å²) in [5.74, 6) is 1.41. The van der Waals surface area contributed by atoms with Gasteiger partial charge in [0.1, 0.15) is 17.4 Å². The van der Waals surface area contributed by atoms with Crippen molar-refractivity contribution >= 4 is 23.4 Å². The Kier molecular flexibility index (Phi) is 4.31. The number of aromatic nitrogens is 2. The first-order chi connectivity index (χ1) is 9.51. The van der Waals surface area contributed by atoms with Crippen LogP contribution in [0.25, 0.3) is 0 Å². The average Bonchev–Trinajstić information content (AvgIpc) is 2.36. The number of nitrogens with zero attached hydrogens (tertiary/aromatic N) is 2. The number of benzene rings is 1. The summed E-state index contributed by atoms with van der Waals surface area (Å²) in [5.41, 5.74) is 18.3. The zero-order chi connectivity index (χ0) is 14.7. The van der Waals surface area contributed by atoms with Crippen LogP contribution < -0.4 is 21.9 Å². The molecule has 6 N–H and O–H groups in total. The molecule has 20 heavy (non-hydrogen) atoms. The molecule has 0 saturated carbocycles. The van der Waals surface area contributed by atoms with Crippen LogP contribution in [-0.4, -0.2) is 17.1 Å². The van der Waals surface area contributed by atoms with Crippen molar-refractivity contribution < 1.29 is 4.74 Å². The molecule has 7 heteroatoms. The summed E-state index contributed by atoms with van der Waals surface area (Å²) < 4.78 is 5.35. The number of anilines is 2. The Balaban J connectivity index is 2.42. The summed E-state index contributed by atoms with van der Waals surface area (Å²) in [6, 6.07) is 7.04. The fourth-order valence-corrected chi connectivity index (χ4v) is 2.89. The first-order valence-electron chi connectivity index (χ1n) is 6.01. The fraction of sp³-hybridized carbons (Fsp3) is 0.231. The zero-order valence-corrected chi connectivity index (χ0v) is 12.1. The van der Waals surface area contributed by atoms with Crippen LogP contribution in [0.15, 0.2) is 34.3 Å². The molecule has 1 heterocycles. The Morgan fingerprint density at radius 1 is 1.20 bits per heavy atom. The molecule has 0 radical (unpaired) electrons. The van der Waals surface area contributed by atoms with Crippen molar-refractivity contribution in [3.63, 3.8) is 0 Å². The molecule has 0 unspecified atom stereocenters. The van der Waals surface area contributed by atoms with E-state index in [0.717, 1.165) is 16.2 Å². The molecule has 2 aromatic rings. The number of ether oxygens (including phenoxy) is 1. The summed E-state index contributed by atoms with van der Waals surface area (Å²) in [5, 5.41) is 0.484. The molecule has 0 aliphatic rings. The fourth-order valence-electron chi connectivity index (χ4n) is 1.85. The molecular formula is C13H17N5OS. The Labute approximate surface area is 121 Å². The zero-order valence-electron chi connectivity index (χ0n) is 11.3. The van der Waals surface area contributed by atoms with Gasteiger partial charge in [0.05, 0.1) is 7.11 Å².